The minimum absolute atomic E-state index is 0.118. The lowest BCUT2D eigenvalue weighted by Crippen LogP contribution is -2.31. The fraction of sp³-hybridized carbons (Fsp3) is 0.538. The lowest BCUT2D eigenvalue weighted by atomic mass is 10.0. The Morgan fingerprint density at radius 2 is 2.12 bits per heavy atom. The number of fused-ring (bicyclic) bond motifs is 1. The molecule has 17 heavy (non-hydrogen) atoms. The topological polar surface area (TPSA) is 29.3 Å². The van der Waals surface area contributed by atoms with Gasteiger partial charge in [0.05, 0.1) is 6.04 Å². The Morgan fingerprint density at radius 3 is 2.71 bits per heavy atom. The lowest BCUT2D eigenvalue weighted by molar-refractivity contribution is 0.193. The summed E-state index contributed by atoms with van der Waals surface area (Å²) in [6.45, 7) is 6.00. The summed E-state index contributed by atoms with van der Waals surface area (Å²) in [6.07, 6.45) is 0. The van der Waals surface area contributed by atoms with Crippen molar-refractivity contribution in [3.05, 3.63) is 34.9 Å². The number of hydrogen-bond acceptors (Lipinski definition) is 2. The van der Waals surface area contributed by atoms with E-state index in [1.165, 1.54) is 6.07 Å². The Hall–Kier alpha value is -1.00. The second kappa shape index (κ2) is 4.70. The van der Waals surface area contributed by atoms with Gasteiger partial charge in [0.1, 0.15) is 11.6 Å². The van der Waals surface area contributed by atoms with Crippen LogP contribution in [0.2, 0.25) is 0 Å². The molecule has 0 aliphatic carbocycles. The predicted molar refractivity (Wildman–Crippen MR) is 63.4 cm³/mol. The standard InChI is InChI=1S/C13H18F2N2/c1-8(2)6-17-7-9-3-10(14)4-11(15)13(9)12(17)5-16/h3-4,8,12H,5-7,16H2,1-2H3. The molecule has 2 N–H and O–H groups in total. The fourth-order valence-corrected chi connectivity index (χ4v) is 2.58. The van der Waals surface area contributed by atoms with Gasteiger partial charge in [0.2, 0.25) is 0 Å². The molecule has 0 saturated carbocycles. The molecule has 2 rings (SSSR count). The quantitative estimate of drug-likeness (QED) is 0.879. The second-order valence-corrected chi connectivity index (χ2v) is 5.04. The molecule has 0 aromatic heterocycles. The number of nitrogens with zero attached hydrogens (tertiary/aromatic N) is 1. The fourth-order valence-electron chi connectivity index (χ4n) is 2.58. The molecule has 0 radical (unpaired) electrons. The maximum absolute atomic E-state index is 13.8. The number of hydrogen-bond donors (Lipinski definition) is 1. The summed E-state index contributed by atoms with van der Waals surface area (Å²) in [5, 5.41) is 0. The summed E-state index contributed by atoms with van der Waals surface area (Å²) in [6, 6.07) is 2.25. The zero-order valence-electron chi connectivity index (χ0n) is 10.2. The maximum atomic E-state index is 13.8. The van der Waals surface area contributed by atoms with Gasteiger partial charge in [0, 0.05) is 31.3 Å². The summed E-state index contributed by atoms with van der Waals surface area (Å²) < 4.78 is 26.9. The summed E-state index contributed by atoms with van der Waals surface area (Å²) in [4.78, 5) is 2.12. The first-order valence-electron chi connectivity index (χ1n) is 5.94. The smallest absolute Gasteiger partial charge is 0.131 e. The molecule has 1 aromatic rings. The van der Waals surface area contributed by atoms with Crippen LogP contribution in [0.15, 0.2) is 12.1 Å². The maximum Gasteiger partial charge on any atom is 0.131 e. The van der Waals surface area contributed by atoms with Crippen molar-refractivity contribution >= 4 is 0 Å². The van der Waals surface area contributed by atoms with E-state index in [1.54, 1.807) is 0 Å². The van der Waals surface area contributed by atoms with Crippen LogP contribution in [-0.2, 0) is 6.54 Å². The van der Waals surface area contributed by atoms with E-state index in [2.05, 4.69) is 18.7 Å². The first kappa shape index (κ1) is 12.5. The number of benzene rings is 1. The molecule has 1 aliphatic heterocycles. The van der Waals surface area contributed by atoms with Gasteiger partial charge in [0.15, 0.2) is 0 Å². The van der Waals surface area contributed by atoms with Gasteiger partial charge in [-0.15, -0.1) is 0 Å². The number of nitrogens with two attached hydrogens (primary N) is 1. The van der Waals surface area contributed by atoms with Gasteiger partial charge in [0.25, 0.3) is 0 Å². The molecule has 0 bridgehead atoms. The predicted octanol–water partition coefficient (Wildman–Crippen LogP) is 2.44. The van der Waals surface area contributed by atoms with E-state index in [1.807, 2.05) is 0 Å². The molecule has 0 amide bonds. The molecule has 0 saturated heterocycles. The van der Waals surface area contributed by atoms with Crippen LogP contribution in [0.25, 0.3) is 0 Å². The van der Waals surface area contributed by atoms with E-state index in [-0.39, 0.29) is 6.04 Å². The summed E-state index contributed by atoms with van der Waals surface area (Å²) >= 11 is 0. The molecular weight excluding hydrogens is 222 g/mol. The molecule has 0 spiro atoms. The molecular formula is C13H18F2N2. The highest BCUT2D eigenvalue weighted by atomic mass is 19.1. The number of rotatable bonds is 3. The van der Waals surface area contributed by atoms with Crippen LogP contribution >= 0.6 is 0 Å². The monoisotopic (exact) mass is 240 g/mol. The van der Waals surface area contributed by atoms with Crippen molar-refractivity contribution < 1.29 is 8.78 Å². The third-order valence-corrected chi connectivity index (χ3v) is 3.15. The van der Waals surface area contributed by atoms with E-state index in [4.69, 9.17) is 5.73 Å². The third-order valence-electron chi connectivity index (χ3n) is 3.15. The average molecular weight is 240 g/mol. The van der Waals surface area contributed by atoms with E-state index in [0.29, 0.717) is 24.6 Å². The molecule has 1 aliphatic rings. The summed E-state index contributed by atoms with van der Waals surface area (Å²) in [5.74, 6) is -0.503. The van der Waals surface area contributed by atoms with Crippen LogP contribution in [0.4, 0.5) is 8.78 Å². The van der Waals surface area contributed by atoms with Crippen molar-refractivity contribution in [2.45, 2.75) is 26.4 Å². The summed E-state index contributed by atoms with van der Waals surface area (Å²) in [5.41, 5.74) is 7.03. The van der Waals surface area contributed by atoms with Crippen molar-refractivity contribution in [1.82, 2.24) is 4.90 Å². The van der Waals surface area contributed by atoms with Crippen molar-refractivity contribution in [3.8, 4) is 0 Å². The Morgan fingerprint density at radius 1 is 1.41 bits per heavy atom. The second-order valence-electron chi connectivity index (χ2n) is 5.04. The van der Waals surface area contributed by atoms with Gasteiger partial charge >= 0.3 is 0 Å². The normalized spacial score (nSPS) is 20.0. The molecule has 94 valence electrons. The highest BCUT2D eigenvalue weighted by molar-refractivity contribution is 5.36. The van der Waals surface area contributed by atoms with Crippen LogP contribution in [0, 0.1) is 17.6 Å². The zero-order valence-corrected chi connectivity index (χ0v) is 10.2. The van der Waals surface area contributed by atoms with Gasteiger partial charge in [-0.05, 0) is 17.5 Å². The summed E-state index contributed by atoms with van der Waals surface area (Å²) in [7, 11) is 0. The van der Waals surface area contributed by atoms with Gasteiger partial charge in [-0.25, -0.2) is 8.78 Å². The average Bonchev–Trinajstić information content (AvgIpc) is 2.53. The molecule has 2 nitrogen and oxygen atoms in total. The van der Waals surface area contributed by atoms with Crippen molar-refractivity contribution in [2.75, 3.05) is 13.1 Å². The van der Waals surface area contributed by atoms with Crippen molar-refractivity contribution in [1.29, 1.82) is 0 Å². The highest BCUT2D eigenvalue weighted by Crippen LogP contribution is 2.35. The Balaban J connectivity index is 2.35. The Kier molecular flexibility index (Phi) is 3.45. The van der Waals surface area contributed by atoms with Crippen LogP contribution in [0.1, 0.15) is 31.0 Å². The molecule has 1 heterocycles. The van der Waals surface area contributed by atoms with Crippen molar-refractivity contribution in [2.24, 2.45) is 11.7 Å². The SMILES string of the molecule is CC(C)CN1Cc2cc(F)cc(F)c2C1CN. The van der Waals surface area contributed by atoms with E-state index in [0.717, 1.165) is 18.2 Å². The minimum atomic E-state index is -0.511. The van der Waals surface area contributed by atoms with Crippen molar-refractivity contribution in [3.63, 3.8) is 0 Å². The molecule has 1 atom stereocenters. The van der Waals surface area contributed by atoms with E-state index in [9.17, 15) is 8.78 Å². The molecule has 0 fully saturated rings. The van der Waals surface area contributed by atoms with E-state index < -0.39 is 11.6 Å². The Labute approximate surface area is 100 Å². The molecule has 4 heteroatoms. The van der Waals surface area contributed by atoms with Gasteiger partial charge in [-0.3, -0.25) is 4.90 Å². The largest absolute Gasteiger partial charge is 0.329 e. The van der Waals surface area contributed by atoms with Crippen LogP contribution in [0.3, 0.4) is 0 Å². The van der Waals surface area contributed by atoms with Crippen LogP contribution < -0.4 is 5.73 Å². The van der Waals surface area contributed by atoms with Gasteiger partial charge in [-0.1, -0.05) is 13.8 Å². The van der Waals surface area contributed by atoms with Crippen LogP contribution in [-0.4, -0.2) is 18.0 Å². The Bertz CT molecular complexity index is 418. The van der Waals surface area contributed by atoms with Gasteiger partial charge < -0.3 is 5.73 Å². The first-order valence-corrected chi connectivity index (χ1v) is 5.94. The van der Waals surface area contributed by atoms with Crippen LogP contribution in [0.5, 0.6) is 0 Å². The molecule has 1 aromatic carbocycles. The first-order chi connectivity index (χ1) is 8.02. The van der Waals surface area contributed by atoms with E-state index >= 15 is 0 Å². The third kappa shape index (κ3) is 2.33. The van der Waals surface area contributed by atoms with Gasteiger partial charge in [-0.2, -0.15) is 0 Å². The zero-order chi connectivity index (χ0) is 12.6. The minimum Gasteiger partial charge on any atom is -0.329 e. The highest BCUT2D eigenvalue weighted by Gasteiger charge is 2.32. The number of halogens is 2. The molecule has 1 unspecified atom stereocenters. The lowest BCUT2D eigenvalue weighted by Gasteiger charge is -2.25.